The van der Waals surface area contributed by atoms with E-state index in [0.717, 1.165) is 57.7 Å². The van der Waals surface area contributed by atoms with Crippen LogP contribution in [-0.4, -0.2) is 52.2 Å². The van der Waals surface area contributed by atoms with Crippen molar-refractivity contribution >= 4 is 17.3 Å². The lowest BCUT2D eigenvalue weighted by Crippen LogP contribution is -2.49. The van der Waals surface area contributed by atoms with E-state index in [-0.39, 0.29) is 5.41 Å². The lowest BCUT2D eigenvalue weighted by molar-refractivity contribution is -0.0228. The van der Waals surface area contributed by atoms with E-state index in [1.807, 2.05) is 6.07 Å². The summed E-state index contributed by atoms with van der Waals surface area (Å²) in [5, 5.41) is 6.72. The number of nitrogens with one attached hydrogen (secondary N) is 1. The zero-order valence-electron chi connectivity index (χ0n) is 14.6. The fraction of sp³-hybridized carbons (Fsp3) is 0.611. The van der Waals surface area contributed by atoms with Crippen molar-refractivity contribution in [1.29, 1.82) is 0 Å². The van der Waals surface area contributed by atoms with Gasteiger partial charge in [-0.2, -0.15) is 0 Å². The van der Waals surface area contributed by atoms with E-state index in [0.29, 0.717) is 12.1 Å². The Morgan fingerprint density at radius 2 is 2.28 bits per heavy atom. The SMILES string of the molecule is Cc1csc(CN2CC[C@H]3OCC[C@@]3(CCNc3ncccn3)C2)n1. The Bertz CT molecular complexity index is 694. The molecule has 2 aromatic heterocycles. The van der Waals surface area contributed by atoms with Crippen LogP contribution in [0.25, 0.3) is 0 Å². The van der Waals surface area contributed by atoms with Crippen molar-refractivity contribution in [1.82, 2.24) is 19.9 Å². The number of rotatable bonds is 6. The maximum absolute atomic E-state index is 6.07. The molecule has 0 bridgehead atoms. The van der Waals surface area contributed by atoms with Crippen molar-refractivity contribution in [3.05, 3.63) is 34.5 Å². The minimum Gasteiger partial charge on any atom is -0.378 e. The van der Waals surface area contributed by atoms with Crippen LogP contribution < -0.4 is 5.32 Å². The van der Waals surface area contributed by atoms with Crippen molar-refractivity contribution in [3.8, 4) is 0 Å². The van der Waals surface area contributed by atoms with Crippen LogP contribution in [0.4, 0.5) is 5.95 Å². The molecule has 0 spiro atoms. The zero-order chi connectivity index (χ0) is 17.1. The van der Waals surface area contributed by atoms with E-state index in [2.05, 4.69) is 37.5 Å². The molecule has 0 aromatic carbocycles. The summed E-state index contributed by atoms with van der Waals surface area (Å²) in [7, 11) is 0. The third kappa shape index (κ3) is 3.83. The summed E-state index contributed by atoms with van der Waals surface area (Å²) in [5.74, 6) is 0.709. The van der Waals surface area contributed by atoms with Gasteiger partial charge in [0, 0.05) is 55.1 Å². The molecule has 4 rings (SSSR count). The van der Waals surface area contributed by atoms with Gasteiger partial charge in [-0.15, -0.1) is 11.3 Å². The van der Waals surface area contributed by atoms with Crippen LogP contribution in [0.15, 0.2) is 23.8 Å². The standard InChI is InChI=1S/C18H25N5OS/c1-14-12-25-16(22-14)11-23-9-3-15-18(13-23,5-10-24-15)4-8-21-17-19-6-2-7-20-17/h2,6-7,12,15H,3-5,8-11,13H2,1H3,(H,19,20,21)/t15-,18+/m1/s1. The second-order valence-corrected chi connectivity index (χ2v) is 8.05. The third-order valence-corrected chi connectivity index (χ3v) is 6.30. The molecule has 134 valence electrons. The summed E-state index contributed by atoms with van der Waals surface area (Å²) in [6.45, 7) is 6.98. The Balaban J connectivity index is 1.38. The lowest BCUT2D eigenvalue weighted by Gasteiger charge is -2.43. The van der Waals surface area contributed by atoms with E-state index in [4.69, 9.17) is 4.74 Å². The van der Waals surface area contributed by atoms with E-state index in [1.165, 1.54) is 5.01 Å². The molecule has 0 saturated carbocycles. The Labute approximate surface area is 152 Å². The van der Waals surface area contributed by atoms with Crippen molar-refractivity contribution in [3.63, 3.8) is 0 Å². The van der Waals surface area contributed by atoms with Crippen molar-refractivity contribution in [2.24, 2.45) is 5.41 Å². The Kier molecular flexibility index (Phi) is 4.96. The Morgan fingerprint density at radius 1 is 1.40 bits per heavy atom. The van der Waals surface area contributed by atoms with Gasteiger partial charge in [0.05, 0.1) is 12.6 Å². The predicted octanol–water partition coefficient (Wildman–Crippen LogP) is 2.72. The number of piperidine rings is 1. The molecule has 0 unspecified atom stereocenters. The smallest absolute Gasteiger partial charge is 0.222 e. The minimum atomic E-state index is 0.242. The van der Waals surface area contributed by atoms with E-state index >= 15 is 0 Å². The first-order valence-corrected chi connectivity index (χ1v) is 9.87. The highest BCUT2D eigenvalue weighted by Gasteiger charge is 2.47. The number of fused-ring (bicyclic) bond motifs is 1. The van der Waals surface area contributed by atoms with Gasteiger partial charge >= 0.3 is 0 Å². The fourth-order valence-electron chi connectivity index (χ4n) is 4.12. The molecule has 0 radical (unpaired) electrons. The molecule has 6 nitrogen and oxygen atoms in total. The van der Waals surface area contributed by atoms with E-state index in [1.54, 1.807) is 23.7 Å². The summed E-state index contributed by atoms with van der Waals surface area (Å²) < 4.78 is 6.07. The van der Waals surface area contributed by atoms with Gasteiger partial charge in [0.1, 0.15) is 5.01 Å². The normalized spacial score (nSPS) is 26.5. The summed E-state index contributed by atoms with van der Waals surface area (Å²) in [6, 6.07) is 1.84. The first-order valence-electron chi connectivity index (χ1n) is 8.99. The van der Waals surface area contributed by atoms with Crippen LogP contribution in [0.5, 0.6) is 0 Å². The number of aryl methyl sites for hydroxylation is 1. The van der Waals surface area contributed by atoms with Crippen LogP contribution in [0, 0.1) is 12.3 Å². The number of ether oxygens (including phenoxy) is 1. The summed E-state index contributed by atoms with van der Waals surface area (Å²) >= 11 is 1.77. The van der Waals surface area contributed by atoms with Gasteiger partial charge in [-0.25, -0.2) is 15.0 Å². The maximum Gasteiger partial charge on any atom is 0.222 e. The second kappa shape index (κ2) is 7.35. The summed E-state index contributed by atoms with van der Waals surface area (Å²) in [6.07, 6.45) is 7.28. The quantitative estimate of drug-likeness (QED) is 0.856. The number of hydrogen-bond donors (Lipinski definition) is 1. The van der Waals surface area contributed by atoms with Crippen LogP contribution >= 0.6 is 11.3 Å². The summed E-state index contributed by atoms with van der Waals surface area (Å²) in [5.41, 5.74) is 1.37. The molecule has 1 N–H and O–H groups in total. The molecule has 0 aliphatic carbocycles. The number of nitrogens with zero attached hydrogens (tertiary/aromatic N) is 4. The monoisotopic (exact) mass is 359 g/mol. The number of hydrogen-bond acceptors (Lipinski definition) is 7. The largest absolute Gasteiger partial charge is 0.378 e. The van der Waals surface area contributed by atoms with E-state index in [9.17, 15) is 0 Å². The summed E-state index contributed by atoms with van der Waals surface area (Å²) in [4.78, 5) is 15.7. The van der Waals surface area contributed by atoms with Gasteiger partial charge in [0.25, 0.3) is 0 Å². The molecule has 2 fully saturated rings. The number of anilines is 1. The first kappa shape index (κ1) is 16.9. The Morgan fingerprint density at radius 3 is 3.08 bits per heavy atom. The molecule has 2 aliphatic rings. The van der Waals surface area contributed by atoms with Crippen molar-refractivity contribution in [2.75, 3.05) is 31.6 Å². The van der Waals surface area contributed by atoms with Gasteiger partial charge in [-0.05, 0) is 32.3 Å². The molecule has 2 aromatic rings. The van der Waals surface area contributed by atoms with Gasteiger partial charge in [0.2, 0.25) is 5.95 Å². The molecular formula is C18H25N5OS. The first-order chi connectivity index (χ1) is 12.2. The van der Waals surface area contributed by atoms with Gasteiger partial charge in [0.15, 0.2) is 0 Å². The maximum atomic E-state index is 6.07. The highest BCUT2D eigenvalue weighted by Crippen LogP contribution is 2.43. The predicted molar refractivity (Wildman–Crippen MR) is 98.7 cm³/mol. The average Bonchev–Trinajstić information content (AvgIpc) is 3.22. The minimum absolute atomic E-state index is 0.242. The molecule has 2 atom stereocenters. The van der Waals surface area contributed by atoms with Crippen molar-refractivity contribution in [2.45, 2.75) is 38.8 Å². The van der Waals surface area contributed by atoms with Gasteiger partial charge < -0.3 is 10.1 Å². The molecule has 25 heavy (non-hydrogen) atoms. The number of likely N-dealkylation sites (tertiary alicyclic amines) is 1. The molecule has 4 heterocycles. The van der Waals surface area contributed by atoms with Crippen molar-refractivity contribution < 1.29 is 4.74 Å². The molecule has 7 heteroatoms. The number of thiazole rings is 1. The highest BCUT2D eigenvalue weighted by molar-refractivity contribution is 7.09. The van der Waals surface area contributed by atoms with Crippen LogP contribution in [0.1, 0.15) is 30.0 Å². The second-order valence-electron chi connectivity index (χ2n) is 7.10. The molecular weight excluding hydrogens is 334 g/mol. The van der Waals surface area contributed by atoms with Gasteiger partial charge in [-0.3, -0.25) is 4.90 Å². The average molecular weight is 359 g/mol. The van der Waals surface area contributed by atoms with Gasteiger partial charge in [-0.1, -0.05) is 0 Å². The van der Waals surface area contributed by atoms with Crippen LogP contribution in [0.2, 0.25) is 0 Å². The Hall–Kier alpha value is -1.57. The van der Waals surface area contributed by atoms with E-state index < -0.39 is 0 Å². The van der Waals surface area contributed by atoms with Crippen LogP contribution in [-0.2, 0) is 11.3 Å². The third-order valence-electron chi connectivity index (χ3n) is 5.35. The molecule has 2 aliphatic heterocycles. The lowest BCUT2D eigenvalue weighted by atomic mass is 9.74. The topological polar surface area (TPSA) is 63.2 Å². The number of aromatic nitrogens is 3. The molecule has 0 amide bonds. The zero-order valence-corrected chi connectivity index (χ0v) is 15.5. The molecule has 2 saturated heterocycles. The van der Waals surface area contributed by atoms with Crippen LogP contribution in [0.3, 0.4) is 0 Å². The fourth-order valence-corrected chi connectivity index (χ4v) is 4.93. The highest BCUT2D eigenvalue weighted by atomic mass is 32.1.